The molecule has 0 rings (SSSR count). The summed E-state index contributed by atoms with van der Waals surface area (Å²) in [4.78, 5) is 2.21. The van der Waals surface area contributed by atoms with Crippen LogP contribution in [0.2, 0.25) is 0 Å². The molecule has 68 valence electrons. The molecule has 0 aliphatic heterocycles. The SMILES string of the molecule is CC[C@](C)(COC)CN(C)C. The third kappa shape index (κ3) is 4.38. The van der Waals surface area contributed by atoms with Gasteiger partial charge in [-0.05, 0) is 20.5 Å². The molecule has 0 aliphatic carbocycles. The van der Waals surface area contributed by atoms with E-state index in [9.17, 15) is 0 Å². The Morgan fingerprint density at radius 1 is 1.36 bits per heavy atom. The van der Waals surface area contributed by atoms with E-state index in [0.29, 0.717) is 5.41 Å². The van der Waals surface area contributed by atoms with Crippen LogP contribution in [-0.4, -0.2) is 39.3 Å². The fourth-order valence-electron chi connectivity index (χ4n) is 1.37. The van der Waals surface area contributed by atoms with Crippen molar-refractivity contribution >= 4 is 0 Å². The van der Waals surface area contributed by atoms with Crippen LogP contribution in [0.25, 0.3) is 0 Å². The van der Waals surface area contributed by atoms with Crippen LogP contribution in [0.3, 0.4) is 0 Å². The first-order chi connectivity index (χ1) is 5.04. The molecule has 0 aliphatic rings. The number of methoxy groups -OCH3 is 1. The van der Waals surface area contributed by atoms with E-state index in [1.807, 2.05) is 0 Å². The summed E-state index contributed by atoms with van der Waals surface area (Å²) in [6.45, 7) is 6.41. The maximum atomic E-state index is 5.17. The minimum Gasteiger partial charge on any atom is -0.384 e. The summed E-state index contributed by atoms with van der Waals surface area (Å²) in [5, 5.41) is 0. The van der Waals surface area contributed by atoms with Crippen LogP contribution in [0.5, 0.6) is 0 Å². The van der Waals surface area contributed by atoms with Crippen molar-refractivity contribution in [3.05, 3.63) is 0 Å². The maximum Gasteiger partial charge on any atom is 0.0528 e. The molecule has 0 radical (unpaired) electrons. The van der Waals surface area contributed by atoms with Gasteiger partial charge in [0.25, 0.3) is 0 Å². The van der Waals surface area contributed by atoms with E-state index in [4.69, 9.17) is 4.74 Å². The van der Waals surface area contributed by atoms with Gasteiger partial charge in [0, 0.05) is 19.1 Å². The topological polar surface area (TPSA) is 12.5 Å². The van der Waals surface area contributed by atoms with E-state index in [-0.39, 0.29) is 0 Å². The zero-order chi connectivity index (χ0) is 8.91. The Hall–Kier alpha value is -0.0800. The lowest BCUT2D eigenvalue weighted by Gasteiger charge is -2.30. The lowest BCUT2D eigenvalue weighted by molar-refractivity contribution is 0.0677. The van der Waals surface area contributed by atoms with Gasteiger partial charge < -0.3 is 9.64 Å². The quantitative estimate of drug-likeness (QED) is 0.604. The van der Waals surface area contributed by atoms with Gasteiger partial charge in [0.1, 0.15) is 0 Å². The highest BCUT2D eigenvalue weighted by molar-refractivity contribution is 4.74. The average molecular weight is 159 g/mol. The Morgan fingerprint density at radius 2 is 1.91 bits per heavy atom. The molecule has 1 atom stereocenters. The molecular weight excluding hydrogens is 138 g/mol. The molecule has 2 heteroatoms. The van der Waals surface area contributed by atoms with Gasteiger partial charge in [-0.3, -0.25) is 0 Å². The molecule has 0 amide bonds. The molecule has 2 nitrogen and oxygen atoms in total. The van der Waals surface area contributed by atoms with Crippen molar-refractivity contribution in [1.82, 2.24) is 4.90 Å². The summed E-state index contributed by atoms with van der Waals surface area (Å²) >= 11 is 0. The lowest BCUT2D eigenvalue weighted by Crippen LogP contribution is -2.34. The Bertz CT molecular complexity index is 104. The maximum absolute atomic E-state index is 5.17. The number of hydrogen-bond donors (Lipinski definition) is 0. The van der Waals surface area contributed by atoms with Gasteiger partial charge in [0.05, 0.1) is 6.61 Å². The van der Waals surface area contributed by atoms with Crippen LogP contribution in [-0.2, 0) is 4.74 Å². The molecule has 0 unspecified atom stereocenters. The van der Waals surface area contributed by atoms with Crippen molar-refractivity contribution in [2.45, 2.75) is 20.3 Å². The first-order valence-corrected chi connectivity index (χ1v) is 4.18. The standard InChI is InChI=1S/C9H21NO/c1-6-9(2,8-11-5)7-10(3)4/h6-8H2,1-5H3/t9-/m0/s1. The second-order valence-electron chi connectivity index (χ2n) is 3.84. The van der Waals surface area contributed by atoms with Gasteiger partial charge >= 0.3 is 0 Å². The third-order valence-electron chi connectivity index (χ3n) is 2.04. The molecule has 0 saturated carbocycles. The normalized spacial score (nSPS) is 16.9. The van der Waals surface area contributed by atoms with Crippen LogP contribution >= 0.6 is 0 Å². The van der Waals surface area contributed by atoms with E-state index < -0.39 is 0 Å². The number of hydrogen-bond acceptors (Lipinski definition) is 2. The zero-order valence-corrected chi connectivity index (χ0v) is 8.48. The Labute approximate surface area is 70.5 Å². The molecular formula is C9H21NO. The van der Waals surface area contributed by atoms with Crippen LogP contribution in [0, 0.1) is 5.41 Å². The largest absolute Gasteiger partial charge is 0.384 e. The molecule has 0 spiro atoms. The van der Waals surface area contributed by atoms with Crippen LogP contribution in [0.15, 0.2) is 0 Å². The summed E-state index contributed by atoms with van der Waals surface area (Å²) in [7, 11) is 5.97. The van der Waals surface area contributed by atoms with E-state index >= 15 is 0 Å². The smallest absolute Gasteiger partial charge is 0.0528 e. The number of rotatable bonds is 5. The first kappa shape index (κ1) is 10.9. The van der Waals surface area contributed by atoms with E-state index in [0.717, 1.165) is 13.2 Å². The highest BCUT2D eigenvalue weighted by Gasteiger charge is 2.22. The van der Waals surface area contributed by atoms with E-state index in [1.165, 1.54) is 6.42 Å². The molecule has 0 heterocycles. The van der Waals surface area contributed by atoms with Crippen LogP contribution < -0.4 is 0 Å². The predicted octanol–water partition coefficient (Wildman–Crippen LogP) is 1.61. The summed E-state index contributed by atoms with van der Waals surface area (Å²) in [5.41, 5.74) is 0.318. The lowest BCUT2D eigenvalue weighted by atomic mass is 9.88. The van der Waals surface area contributed by atoms with Crippen molar-refractivity contribution in [2.24, 2.45) is 5.41 Å². The zero-order valence-electron chi connectivity index (χ0n) is 8.48. The van der Waals surface area contributed by atoms with Gasteiger partial charge in [-0.15, -0.1) is 0 Å². The van der Waals surface area contributed by atoms with Crippen molar-refractivity contribution in [3.63, 3.8) is 0 Å². The number of ether oxygens (including phenoxy) is 1. The van der Waals surface area contributed by atoms with Crippen LogP contribution in [0.1, 0.15) is 20.3 Å². The predicted molar refractivity (Wildman–Crippen MR) is 48.8 cm³/mol. The molecule has 0 saturated heterocycles. The van der Waals surface area contributed by atoms with Crippen molar-refractivity contribution < 1.29 is 4.74 Å². The van der Waals surface area contributed by atoms with Gasteiger partial charge in [-0.2, -0.15) is 0 Å². The van der Waals surface area contributed by atoms with Crippen molar-refractivity contribution in [3.8, 4) is 0 Å². The summed E-state index contributed by atoms with van der Waals surface area (Å²) in [5.74, 6) is 0. The van der Waals surface area contributed by atoms with E-state index in [1.54, 1.807) is 7.11 Å². The molecule has 0 aromatic heterocycles. The molecule has 0 bridgehead atoms. The Morgan fingerprint density at radius 3 is 2.18 bits per heavy atom. The summed E-state index contributed by atoms with van der Waals surface area (Å²) < 4.78 is 5.17. The van der Waals surface area contributed by atoms with Crippen molar-refractivity contribution in [1.29, 1.82) is 0 Å². The van der Waals surface area contributed by atoms with Gasteiger partial charge in [0.15, 0.2) is 0 Å². The van der Waals surface area contributed by atoms with E-state index in [2.05, 4.69) is 32.8 Å². The molecule has 0 aromatic rings. The summed E-state index contributed by atoms with van der Waals surface area (Å²) in [6, 6.07) is 0. The number of nitrogens with zero attached hydrogens (tertiary/aromatic N) is 1. The fourth-order valence-corrected chi connectivity index (χ4v) is 1.37. The third-order valence-corrected chi connectivity index (χ3v) is 2.04. The molecule has 0 aromatic carbocycles. The monoisotopic (exact) mass is 159 g/mol. The minimum absolute atomic E-state index is 0.318. The second-order valence-corrected chi connectivity index (χ2v) is 3.84. The molecule has 0 fully saturated rings. The van der Waals surface area contributed by atoms with Gasteiger partial charge in [-0.25, -0.2) is 0 Å². The molecule has 11 heavy (non-hydrogen) atoms. The fraction of sp³-hybridized carbons (Fsp3) is 1.00. The van der Waals surface area contributed by atoms with Crippen molar-refractivity contribution in [2.75, 3.05) is 34.4 Å². The van der Waals surface area contributed by atoms with Gasteiger partial charge in [-0.1, -0.05) is 13.8 Å². The first-order valence-electron chi connectivity index (χ1n) is 4.18. The highest BCUT2D eigenvalue weighted by Crippen LogP contribution is 2.21. The highest BCUT2D eigenvalue weighted by atomic mass is 16.5. The molecule has 0 N–H and O–H groups in total. The average Bonchev–Trinajstić information content (AvgIpc) is 1.87. The summed E-state index contributed by atoms with van der Waals surface area (Å²) in [6.07, 6.45) is 1.17. The van der Waals surface area contributed by atoms with Crippen LogP contribution in [0.4, 0.5) is 0 Å². The van der Waals surface area contributed by atoms with Gasteiger partial charge in [0.2, 0.25) is 0 Å². The Kier molecular flexibility index (Phi) is 4.69. The minimum atomic E-state index is 0.318. The Balaban J connectivity index is 3.87. The second kappa shape index (κ2) is 4.73.